The Bertz CT molecular complexity index is 1570. The van der Waals surface area contributed by atoms with Crippen LogP contribution < -0.4 is 10.3 Å². The Hall–Kier alpha value is -3.94. The Morgan fingerprint density at radius 2 is 1.72 bits per heavy atom. The molecule has 5 rings (SSSR count). The topological polar surface area (TPSA) is 60.2 Å². The Kier molecular flexibility index (Phi) is 6.84. The van der Waals surface area contributed by atoms with Crippen molar-refractivity contribution in [2.75, 3.05) is 26.8 Å². The van der Waals surface area contributed by atoms with Gasteiger partial charge in [0.1, 0.15) is 11.5 Å². The third-order valence-corrected chi connectivity index (χ3v) is 7.11. The Labute approximate surface area is 212 Å². The number of carbonyl (C=O) groups is 1. The number of benzene rings is 2. The van der Waals surface area contributed by atoms with Crippen LogP contribution in [-0.4, -0.2) is 42.0 Å². The number of pyridine rings is 2. The maximum Gasteiger partial charge on any atom is 0.263 e. The highest BCUT2D eigenvalue weighted by Gasteiger charge is 2.20. The zero-order valence-electron chi connectivity index (χ0n) is 20.1. The number of amides is 1. The molecule has 3 aromatic heterocycles. The van der Waals surface area contributed by atoms with Gasteiger partial charge in [-0.25, -0.2) is 0 Å². The summed E-state index contributed by atoms with van der Waals surface area (Å²) in [5.41, 5.74) is 2.47. The molecule has 2 aromatic carbocycles. The summed E-state index contributed by atoms with van der Waals surface area (Å²) < 4.78 is 13.6. The van der Waals surface area contributed by atoms with Crippen LogP contribution in [0.1, 0.15) is 17.3 Å². The van der Waals surface area contributed by atoms with E-state index in [0.29, 0.717) is 36.6 Å². The van der Waals surface area contributed by atoms with Gasteiger partial charge in [-0.05, 0) is 60.3 Å². The molecule has 0 fully saturated rings. The molecule has 0 aliphatic rings. The van der Waals surface area contributed by atoms with Crippen molar-refractivity contribution in [1.82, 2.24) is 9.30 Å². The third-order valence-electron chi connectivity index (χ3n) is 6.17. The van der Waals surface area contributed by atoms with E-state index in [1.165, 1.54) is 11.3 Å². The number of likely N-dealkylation sites (N-methyl/N-ethyl adjacent to an activating group) is 1. The predicted octanol–water partition coefficient (Wildman–Crippen LogP) is 6.08. The van der Waals surface area contributed by atoms with Crippen molar-refractivity contribution in [3.63, 3.8) is 0 Å². The van der Waals surface area contributed by atoms with Crippen LogP contribution in [0.3, 0.4) is 0 Å². The van der Waals surface area contributed by atoms with Gasteiger partial charge in [0.2, 0.25) is 0 Å². The number of ether oxygens (including phenoxy) is 2. The van der Waals surface area contributed by atoms with Gasteiger partial charge in [-0.1, -0.05) is 30.3 Å². The highest BCUT2D eigenvalue weighted by atomic mass is 32.1. The number of methoxy groups -OCH3 is 1. The van der Waals surface area contributed by atoms with Crippen molar-refractivity contribution < 1.29 is 14.3 Å². The largest absolute Gasteiger partial charge is 0.457 e. The Morgan fingerprint density at radius 1 is 0.972 bits per heavy atom. The molecule has 0 aliphatic heterocycles. The lowest BCUT2D eigenvalue weighted by atomic mass is 10.1. The van der Waals surface area contributed by atoms with E-state index in [-0.39, 0.29) is 11.5 Å². The lowest BCUT2D eigenvalue weighted by molar-refractivity contribution is 0.0708. The fourth-order valence-electron chi connectivity index (χ4n) is 4.28. The minimum atomic E-state index is -0.173. The first kappa shape index (κ1) is 23.8. The van der Waals surface area contributed by atoms with Gasteiger partial charge in [0.05, 0.1) is 22.4 Å². The summed E-state index contributed by atoms with van der Waals surface area (Å²) in [6, 6.07) is 22.7. The minimum Gasteiger partial charge on any atom is -0.457 e. The van der Waals surface area contributed by atoms with Crippen molar-refractivity contribution in [2.45, 2.75) is 6.92 Å². The summed E-state index contributed by atoms with van der Waals surface area (Å²) in [4.78, 5) is 28.8. The lowest BCUT2D eigenvalue weighted by Crippen LogP contribution is -2.34. The fraction of sp³-hybridized carbons (Fsp3) is 0.172. The molecule has 0 atom stereocenters. The SMILES string of the molecule is CCN(CCOC)C(=O)c1cn2c(=O)c(-c3ccc(Oc4ccccc4)cc3)ccc2c2sccc12. The number of fused-ring (bicyclic) bond motifs is 3. The predicted molar refractivity (Wildman–Crippen MR) is 144 cm³/mol. The molecule has 7 heteroatoms. The highest BCUT2D eigenvalue weighted by molar-refractivity contribution is 7.18. The molecule has 0 bridgehead atoms. The first-order valence-electron chi connectivity index (χ1n) is 11.8. The molecule has 3 heterocycles. The Balaban J connectivity index is 1.55. The summed E-state index contributed by atoms with van der Waals surface area (Å²) in [6.45, 7) is 3.43. The number of hydrogen-bond donors (Lipinski definition) is 0. The monoisotopic (exact) mass is 498 g/mol. The van der Waals surface area contributed by atoms with E-state index in [1.54, 1.807) is 22.6 Å². The number of rotatable bonds is 8. The smallest absolute Gasteiger partial charge is 0.263 e. The average Bonchev–Trinajstić information content (AvgIpc) is 3.40. The summed E-state index contributed by atoms with van der Waals surface area (Å²) >= 11 is 1.53. The summed E-state index contributed by atoms with van der Waals surface area (Å²) in [6.07, 6.45) is 1.68. The first-order valence-corrected chi connectivity index (χ1v) is 12.7. The fourth-order valence-corrected chi connectivity index (χ4v) is 5.21. The van der Waals surface area contributed by atoms with Crippen molar-refractivity contribution in [2.24, 2.45) is 0 Å². The van der Waals surface area contributed by atoms with E-state index >= 15 is 0 Å². The van der Waals surface area contributed by atoms with E-state index in [2.05, 4.69) is 0 Å². The molecule has 36 heavy (non-hydrogen) atoms. The minimum absolute atomic E-state index is 0.112. The van der Waals surface area contributed by atoms with E-state index in [4.69, 9.17) is 9.47 Å². The molecule has 1 amide bonds. The van der Waals surface area contributed by atoms with Crippen LogP contribution in [0.15, 0.2) is 89.2 Å². The quantitative estimate of drug-likeness (QED) is 0.260. The third kappa shape index (κ3) is 4.51. The molecule has 0 N–H and O–H groups in total. The van der Waals surface area contributed by atoms with Crippen LogP contribution in [0.25, 0.3) is 26.7 Å². The average molecular weight is 499 g/mol. The lowest BCUT2D eigenvalue weighted by Gasteiger charge is -2.21. The molecule has 0 unspecified atom stereocenters. The van der Waals surface area contributed by atoms with E-state index < -0.39 is 0 Å². The van der Waals surface area contributed by atoms with Gasteiger partial charge in [-0.2, -0.15) is 0 Å². The zero-order valence-corrected chi connectivity index (χ0v) is 21.0. The molecule has 0 radical (unpaired) electrons. The maximum atomic E-state index is 13.6. The van der Waals surface area contributed by atoms with Crippen LogP contribution in [0.5, 0.6) is 11.5 Å². The molecule has 5 aromatic rings. The normalized spacial score (nSPS) is 11.2. The number of thiophene rings is 1. The standard InChI is InChI=1S/C29H26N2O4S/c1-3-30(16-17-34-2)28(32)25-19-31-26(27-24(25)15-18-36-27)14-13-23(29(31)33)20-9-11-22(12-10-20)35-21-7-5-4-6-8-21/h4-15,18-19H,3,16-17H2,1-2H3. The van der Waals surface area contributed by atoms with Crippen molar-refractivity contribution >= 4 is 32.8 Å². The number of para-hydroxylation sites is 1. The summed E-state index contributed by atoms with van der Waals surface area (Å²) in [5.74, 6) is 1.33. The molecular formula is C29H26N2O4S. The number of carbonyl (C=O) groups excluding carboxylic acids is 1. The second-order valence-electron chi connectivity index (χ2n) is 8.33. The van der Waals surface area contributed by atoms with Gasteiger partial charge in [0.25, 0.3) is 11.5 Å². The van der Waals surface area contributed by atoms with Gasteiger partial charge >= 0.3 is 0 Å². The second kappa shape index (κ2) is 10.4. The van der Waals surface area contributed by atoms with Crippen LogP contribution in [0.4, 0.5) is 0 Å². The van der Waals surface area contributed by atoms with Crippen molar-refractivity contribution in [3.8, 4) is 22.6 Å². The van der Waals surface area contributed by atoms with E-state index in [0.717, 1.165) is 26.9 Å². The molecule has 182 valence electrons. The van der Waals surface area contributed by atoms with Gasteiger partial charge in [-0.15, -0.1) is 11.3 Å². The van der Waals surface area contributed by atoms with Crippen LogP contribution in [-0.2, 0) is 4.74 Å². The van der Waals surface area contributed by atoms with Crippen LogP contribution >= 0.6 is 11.3 Å². The van der Waals surface area contributed by atoms with E-state index in [9.17, 15) is 9.59 Å². The molecule has 0 saturated heterocycles. The van der Waals surface area contributed by atoms with Crippen molar-refractivity contribution in [1.29, 1.82) is 0 Å². The first-order chi connectivity index (χ1) is 17.6. The maximum absolute atomic E-state index is 13.6. The van der Waals surface area contributed by atoms with Gasteiger partial charge in [0.15, 0.2) is 0 Å². The van der Waals surface area contributed by atoms with Gasteiger partial charge < -0.3 is 14.4 Å². The van der Waals surface area contributed by atoms with E-state index in [1.807, 2.05) is 85.1 Å². The van der Waals surface area contributed by atoms with Crippen LogP contribution in [0.2, 0.25) is 0 Å². The summed E-state index contributed by atoms with van der Waals surface area (Å²) in [5, 5.41) is 2.81. The number of hydrogen-bond acceptors (Lipinski definition) is 5. The van der Waals surface area contributed by atoms with Crippen molar-refractivity contribution in [3.05, 3.63) is 100 Å². The molecule has 6 nitrogen and oxygen atoms in total. The number of aromatic nitrogens is 1. The molecular weight excluding hydrogens is 472 g/mol. The summed E-state index contributed by atoms with van der Waals surface area (Å²) in [7, 11) is 1.62. The Morgan fingerprint density at radius 3 is 2.44 bits per heavy atom. The van der Waals surface area contributed by atoms with Crippen LogP contribution in [0, 0.1) is 0 Å². The van der Waals surface area contributed by atoms with Gasteiger partial charge in [0, 0.05) is 37.3 Å². The molecule has 0 saturated carbocycles. The molecule has 0 spiro atoms. The number of nitrogens with zero attached hydrogens (tertiary/aromatic N) is 2. The zero-order chi connectivity index (χ0) is 25.1. The molecule has 0 aliphatic carbocycles. The van der Waals surface area contributed by atoms with Gasteiger partial charge in [-0.3, -0.25) is 14.0 Å². The second-order valence-corrected chi connectivity index (χ2v) is 9.25. The highest BCUT2D eigenvalue weighted by Crippen LogP contribution is 2.31.